The van der Waals surface area contributed by atoms with E-state index in [0.717, 1.165) is 11.4 Å². The van der Waals surface area contributed by atoms with E-state index in [1.54, 1.807) is 6.07 Å². The fourth-order valence-corrected chi connectivity index (χ4v) is 2.27. The van der Waals surface area contributed by atoms with Gasteiger partial charge in [0.1, 0.15) is 17.1 Å². The maximum absolute atomic E-state index is 13.9. The Morgan fingerprint density at radius 3 is 2.73 bits per heavy atom. The van der Waals surface area contributed by atoms with Crippen molar-refractivity contribution in [3.8, 4) is 5.75 Å². The molecule has 1 aromatic carbocycles. The van der Waals surface area contributed by atoms with Crippen molar-refractivity contribution in [3.63, 3.8) is 0 Å². The van der Waals surface area contributed by atoms with E-state index in [9.17, 15) is 9.18 Å². The molecule has 5 heteroatoms. The molecule has 0 bridgehead atoms. The summed E-state index contributed by atoms with van der Waals surface area (Å²) in [6, 6.07) is 9.87. The summed E-state index contributed by atoms with van der Waals surface area (Å²) in [5.41, 5.74) is 1.73. The lowest BCUT2D eigenvalue weighted by Crippen LogP contribution is -2.35. The number of aromatic nitrogens is 1. The minimum absolute atomic E-state index is 0.0750. The van der Waals surface area contributed by atoms with E-state index in [1.807, 2.05) is 32.0 Å². The standard InChI is InChI=1S/C17H19FN2O2/c1-11-6-4-7-13(19-11)10-12(2)20-17(21)16-14(18)8-5-9-15(16)22-3/h4-9,12H,10H2,1-3H3,(H,20,21). The first-order valence-corrected chi connectivity index (χ1v) is 7.07. The molecule has 22 heavy (non-hydrogen) atoms. The fraction of sp³-hybridized carbons (Fsp3) is 0.294. The van der Waals surface area contributed by atoms with Crippen LogP contribution >= 0.6 is 0 Å². The summed E-state index contributed by atoms with van der Waals surface area (Å²) in [5.74, 6) is -0.869. The number of carbonyl (C=O) groups excluding carboxylic acids is 1. The molecule has 1 amide bonds. The van der Waals surface area contributed by atoms with Gasteiger partial charge in [-0.3, -0.25) is 9.78 Å². The van der Waals surface area contributed by atoms with Crippen LogP contribution in [0.4, 0.5) is 4.39 Å². The average molecular weight is 302 g/mol. The summed E-state index contributed by atoms with van der Waals surface area (Å²) < 4.78 is 18.9. The molecule has 116 valence electrons. The van der Waals surface area contributed by atoms with Gasteiger partial charge in [-0.1, -0.05) is 12.1 Å². The molecule has 0 aliphatic heterocycles. The summed E-state index contributed by atoms with van der Waals surface area (Å²) in [4.78, 5) is 16.7. The topological polar surface area (TPSA) is 51.2 Å². The van der Waals surface area contributed by atoms with Crippen LogP contribution in [-0.2, 0) is 6.42 Å². The summed E-state index contributed by atoms with van der Waals surface area (Å²) in [7, 11) is 1.41. The molecular weight excluding hydrogens is 283 g/mol. The highest BCUT2D eigenvalue weighted by Gasteiger charge is 2.19. The average Bonchev–Trinajstić information content (AvgIpc) is 2.46. The van der Waals surface area contributed by atoms with Crippen molar-refractivity contribution < 1.29 is 13.9 Å². The van der Waals surface area contributed by atoms with E-state index in [4.69, 9.17) is 4.74 Å². The van der Waals surface area contributed by atoms with Crippen LogP contribution in [0.2, 0.25) is 0 Å². The minimum atomic E-state index is -0.599. The van der Waals surface area contributed by atoms with Gasteiger partial charge in [-0.05, 0) is 38.1 Å². The number of aryl methyl sites for hydroxylation is 1. The second-order valence-corrected chi connectivity index (χ2v) is 5.17. The molecule has 1 aromatic heterocycles. The maximum Gasteiger partial charge on any atom is 0.258 e. The van der Waals surface area contributed by atoms with Crippen molar-refractivity contribution in [1.82, 2.24) is 10.3 Å². The largest absolute Gasteiger partial charge is 0.496 e. The number of hydrogen-bond donors (Lipinski definition) is 1. The Morgan fingerprint density at radius 1 is 1.32 bits per heavy atom. The fourth-order valence-electron chi connectivity index (χ4n) is 2.27. The maximum atomic E-state index is 13.9. The molecule has 2 rings (SSSR count). The molecule has 4 nitrogen and oxygen atoms in total. The highest BCUT2D eigenvalue weighted by atomic mass is 19.1. The van der Waals surface area contributed by atoms with Gasteiger partial charge >= 0.3 is 0 Å². The summed E-state index contributed by atoms with van der Waals surface area (Å²) in [6.45, 7) is 3.77. The third-order valence-corrected chi connectivity index (χ3v) is 3.26. The van der Waals surface area contributed by atoms with Crippen molar-refractivity contribution >= 4 is 5.91 Å². The Hall–Kier alpha value is -2.43. The van der Waals surface area contributed by atoms with Crippen molar-refractivity contribution in [2.75, 3.05) is 7.11 Å². The van der Waals surface area contributed by atoms with Gasteiger partial charge in [0.2, 0.25) is 0 Å². The molecule has 1 heterocycles. The van der Waals surface area contributed by atoms with Crippen molar-refractivity contribution in [3.05, 3.63) is 59.2 Å². The quantitative estimate of drug-likeness (QED) is 0.924. The second kappa shape index (κ2) is 7.02. The number of methoxy groups -OCH3 is 1. The van der Waals surface area contributed by atoms with E-state index >= 15 is 0 Å². The molecule has 2 aromatic rings. The van der Waals surface area contributed by atoms with Crippen LogP contribution in [0.1, 0.15) is 28.7 Å². The predicted molar refractivity (Wildman–Crippen MR) is 82.6 cm³/mol. The molecule has 1 atom stereocenters. The van der Waals surface area contributed by atoms with Gasteiger partial charge in [0.05, 0.1) is 7.11 Å². The van der Waals surface area contributed by atoms with Gasteiger partial charge in [-0.2, -0.15) is 0 Å². The number of rotatable bonds is 5. The normalized spacial score (nSPS) is 11.8. The lowest BCUT2D eigenvalue weighted by molar-refractivity contribution is 0.0932. The third-order valence-electron chi connectivity index (χ3n) is 3.26. The Kier molecular flexibility index (Phi) is 5.09. The first-order chi connectivity index (χ1) is 10.5. The summed E-state index contributed by atoms with van der Waals surface area (Å²) in [6.07, 6.45) is 0.574. The van der Waals surface area contributed by atoms with Crippen LogP contribution in [-0.4, -0.2) is 24.0 Å². The zero-order chi connectivity index (χ0) is 16.1. The number of carbonyl (C=O) groups is 1. The Morgan fingerprint density at radius 2 is 2.05 bits per heavy atom. The number of hydrogen-bond acceptors (Lipinski definition) is 3. The van der Waals surface area contributed by atoms with E-state index in [1.165, 1.54) is 19.2 Å². The number of nitrogens with zero attached hydrogens (tertiary/aromatic N) is 1. The Labute approximate surface area is 129 Å². The molecule has 0 saturated heterocycles. The van der Waals surface area contributed by atoms with E-state index < -0.39 is 11.7 Å². The zero-order valence-corrected chi connectivity index (χ0v) is 12.9. The van der Waals surface area contributed by atoms with Gasteiger partial charge in [-0.15, -0.1) is 0 Å². The highest BCUT2D eigenvalue weighted by Crippen LogP contribution is 2.21. The number of amides is 1. The van der Waals surface area contributed by atoms with Gasteiger partial charge < -0.3 is 10.1 Å². The first kappa shape index (κ1) is 15.9. The van der Waals surface area contributed by atoms with Crippen LogP contribution in [0.25, 0.3) is 0 Å². The van der Waals surface area contributed by atoms with E-state index in [-0.39, 0.29) is 17.4 Å². The van der Waals surface area contributed by atoms with Gasteiger partial charge in [0, 0.05) is 23.9 Å². The minimum Gasteiger partial charge on any atom is -0.496 e. The molecule has 0 saturated carbocycles. The third kappa shape index (κ3) is 3.81. The summed E-state index contributed by atoms with van der Waals surface area (Å²) >= 11 is 0. The van der Waals surface area contributed by atoms with Crippen LogP contribution < -0.4 is 10.1 Å². The molecule has 0 aliphatic carbocycles. The lowest BCUT2D eigenvalue weighted by Gasteiger charge is -2.15. The summed E-state index contributed by atoms with van der Waals surface area (Å²) in [5, 5.41) is 2.78. The number of pyridine rings is 1. The Bertz CT molecular complexity index is 673. The number of halogens is 1. The number of nitrogens with one attached hydrogen (secondary N) is 1. The zero-order valence-electron chi connectivity index (χ0n) is 12.9. The van der Waals surface area contributed by atoms with E-state index in [0.29, 0.717) is 6.42 Å². The monoisotopic (exact) mass is 302 g/mol. The molecule has 0 spiro atoms. The van der Waals surface area contributed by atoms with Crippen LogP contribution in [0.15, 0.2) is 36.4 Å². The lowest BCUT2D eigenvalue weighted by atomic mass is 10.1. The predicted octanol–water partition coefficient (Wildman–Crippen LogP) is 2.90. The smallest absolute Gasteiger partial charge is 0.258 e. The van der Waals surface area contributed by atoms with Crippen LogP contribution in [0, 0.1) is 12.7 Å². The molecule has 1 unspecified atom stereocenters. The number of benzene rings is 1. The number of ether oxygens (including phenoxy) is 1. The SMILES string of the molecule is COc1cccc(F)c1C(=O)NC(C)Cc1cccc(C)n1. The first-order valence-electron chi connectivity index (χ1n) is 7.07. The Balaban J connectivity index is 2.09. The van der Waals surface area contributed by atoms with Crippen LogP contribution in [0.5, 0.6) is 5.75 Å². The molecule has 1 N–H and O–H groups in total. The highest BCUT2D eigenvalue weighted by molar-refractivity contribution is 5.97. The van der Waals surface area contributed by atoms with Gasteiger partial charge in [0.25, 0.3) is 5.91 Å². The molecule has 0 aliphatic rings. The second-order valence-electron chi connectivity index (χ2n) is 5.17. The van der Waals surface area contributed by atoms with Gasteiger partial charge in [-0.25, -0.2) is 4.39 Å². The van der Waals surface area contributed by atoms with Crippen molar-refractivity contribution in [2.45, 2.75) is 26.3 Å². The van der Waals surface area contributed by atoms with Gasteiger partial charge in [0.15, 0.2) is 0 Å². The van der Waals surface area contributed by atoms with E-state index in [2.05, 4.69) is 10.3 Å². The van der Waals surface area contributed by atoms with Crippen molar-refractivity contribution in [2.24, 2.45) is 0 Å². The van der Waals surface area contributed by atoms with Crippen LogP contribution in [0.3, 0.4) is 0 Å². The molecule has 0 fully saturated rings. The molecule has 0 radical (unpaired) electrons. The van der Waals surface area contributed by atoms with Crippen molar-refractivity contribution in [1.29, 1.82) is 0 Å². The molecular formula is C17H19FN2O2.